The van der Waals surface area contributed by atoms with Gasteiger partial charge in [-0.2, -0.15) is 0 Å². The molecule has 0 aliphatic rings. The SMILES string of the molecule is CCNC(=NCc1ccc(OC(C)C)nc1)NCc1ccc(OC)c(OC)c1. The summed E-state index contributed by atoms with van der Waals surface area (Å²) < 4.78 is 16.2. The van der Waals surface area contributed by atoms with Crippen molar-refractivity contribution in [2.24, 2.45) is 4.99 Å². The maximum atomic E-state index is 5.57. The van der Waals surface area contributed by atoms with Gasteiger partial charge in [0.05, 0.1) is 26.9 Å². The number of ether oxygens (including phenoxy) is 3. The Hall–Kier alpha value is -2.96. The second-order valence-corrected chi connectivity index (χ2v) is 6.41. The van der Waals surface area contributed by atoms with Crippen molar-refractivity contribution in [2.75, 3.05) is 20.8 Å². The maximum Gasteiger partial charge on any atom is 0.213 e. The van der Waals surface area contributed by atoms with E-state index in [1.165, 1.54) is 0 Å². The highest BCUT2D eigenvalue weighted by Gasteiger charge is 2.06. The number of hydrogen-bond acceptors (Lipinski definition) is 5. The van der Waals surface area contributed by atoms with Gasteiger partial charge in [-0.05, 0) is 44.0 Å². The highest BCUT2D eigenvalue weighted by molar-refractivity contribution is 5.79. The van der Waals surface area contributed by atoms with Crippen LogP contribution in [0.2, 0.25) is 0 Å². The van der Waals surface area contributed by atoms with E-state index in [9.17, 15) is 0 Å². The monoisotopic (exact) mass is 386 g/mol. The topological polar surface area (TPSA) is 77.0 Å². The van der Waals surface area contributed by atoms with E-state index < -0.39 is 0 Å². The lowest BCUT2D eigenvalue weighted by atomic mass is 10.2. The molecule has 7 nitrogen and oxygen atoms in total. The summed E-state index contributed by atoms with van der Waals surface area (Å²) in [4.78, 5) is 8.94. The van der Waals surface area contributed by atoms with E-state index in [4.69, 9.17) is 14.2 Å². The van der Waals surface area contributed by atoms with Gasteiger partial charge in [0.25, 0.3) is 0 Å². The van der Waals surface area contributed by atoms with Gasteiger partial charge in [0.2, 0.25) is 5.88 Å². The van der Waals surface area contributed by atoms with Gasteiger partial charge in [-0.15, -0.1) is 0 Å². The third kappa shape index (κ3) is 6.64. The predicted octanol–water partition coefficient (Wildman–Crippen LogP) is 3.14. The first-order chi connectivity index (χ1) is 13.5. The van der Waals surface area contributed by atoms with Crippen LogP contribution in [-0.2, 0) is 13.1 Å². The van der Waals surface area contributed by atoms with Crippen LogP contribution in [0.15, 0.2) is 41.5 Å². The average molecular weight is 386 g/mol. The minimum Gasteiger partial charge on any atom is -0.493 e. The van der Waals surface area contributed by atoms with Gasteiger partial charge in [0.15, 0.2) is 17.5 Å². The predicted molar refractivity (Wildman–Crippen MR) is 111 cm³/mol. The lowest BCUT2D eigenvalue weighted by Gasteiger charge is -2.13. The molecule has 2 rings (SSSR count). The molecule has 0 aliphatic carbocycles. The van der Waals surface area contributed by atoms with Crippen LogP contribution >= 0.6 is 0 Å². The Balaban J connectivity index is 1.98. The highest BCUT2D eigenvalue weighted by atomic mass is 16.5. The third-order valence-electron chi connectivity index (χ3n) is 3.83. The normalized spacial score (nSPS) is 11.3. The van der Waals surface area contributed by atoms with Gasteiger partial charge in [0.1, 0.15) is 0 Å². The van der Waals surface area contributed by atoms with Gasteiger partial charge in [-0.3, -0.25) is 0 Å². The Morgan fingerprint density at radius 3 is 2.39 bits per heavy atom. The number of aromatic nitrogens is 1. The second kappa shape index (κ2) is 11.0. The van der Waals surface area contributed by atoms with Crippen LogP contribution in [-0.4, -0.2) is 37.8 Å². The number of hydrogen-bond donors (Lipinski definition) is 2. The molecule has 0 spiro atoms. The number of rotatable bonds is 9. The van der Waals surface area contributed by atoms with Gasteiger partial charge in [-0.1, -0.05) is 12.1 Å². The van der Waals surface area contributed by atoms with Crippen LogP contribution in [0.25, 0.3) is 0 Å². The third-order valence-corrected chi connectivity index (χ3v) is 3.83. The van der Waals surface area contributed by atoms with E-state index in [-0.39, 0.29) is 6.10 Å². The Labute approximate surface area is 167 Å². The van der Waals surface area contributed by atoms with Gasteiger partial charge in [-0.25, -0.2) is 9.98 Å². The lowest BCUT2D eigenvalue weighted by Crippen LogP contribution is -2.36. The molecule has 152 valence electrons. The molecule has 0 aliphatic heterocycles. The van der Waals surface area contributed by atoms with Crippen molar-refractivity contribution in [1.82, 2.24) is 15.6 Å². The van der Waals surface area contributed by atoms with Crippen LogP contribution < -0.4 is 24.8 Å². The maximum absolute atomic E-state index is 5.57. The molecule has 0 amide bonds. The van der Waals surface area contributed by atoms with E-state index in [1.807, 2.05) is 51.1 Å². The molecule has 2 N–H and O–H groups in total. The van der Waals surface area contributed by atoms with Crippen LogP contribution in [0.4, 0.5) is 0 Å². The zero-order valence-corrected chi connectivity index (χ0v) is 17.3. The smallest absolute Gasteiger partial charge is 0.213 e. The number of nitrogens with zero attached hydrogens (tertiary/aromatic N) is 2. The van der Waals surface area contributed by atoms with E-state index in [0.717, 1.165) is 23.6 Å². The zero-order valence-electron chi connectivity index (χ0n) is 17.3. The number of aliphatic imine (C=N–C) groups is 1. The Kier molecular flexibility index (Phi) is 8.39. The zero-order chi connectivity index (χ0) is 20.4. The summed E-state index contributed by atoms with van der Waals surface area (Å²) in [5.41, 5.74) is 2.08. The minimum atomic E-state index is 0.109. The van der Waals surface area contributed by atoms with Crippen molar-refractivity contribution in [1.29, 1.82) is 0 Å². The summed E-state index contributed by atoms with van der Waals surface area (Å²) in [7, 11) is 3.26. The molecule has 28 heavy (non-hydrogen) atoms. The summed E-state index contributed by atoms with van der Waals surface area (Å²) in [6.45, 7) is 7.91. The fraction of sp³-hybridized carbons (Fsp3) is 0.429. The fourth-order valence-corrected chi connectivity index (χ4v) is 2.50. The van der Waals surface area contributed by atoms with Gasteiger partial charge < -0.3 is 24.8 Å². The first-order valence-corrected chi connectivity index (χ1v) is 9.40. The molecule has 0 saturated heterocycles. The number of methoxy groups -OCH3 is 2. The van der Waals surface area contributed by atoms with Crippen molar-refractivity contribution < 1.29 is 14.2 Å². The summed E-state index contributed by atoms with van der Waals surface area (Å²) in [5.74, 6) is 2.78. The van der Waals surface area contributed by atoms with Crippen LogP contribution in [0.1, 0.15) is 31.9 Å². The lowest BCUT2D eigenvalue weighted by molar-refractivity contribution is 0.232. The molecule has 1 heterocycles. The van der Waals surface area contributed by atoms with Crippen molar-refractivity contribution in [3.05, 3.63) is 47.7 Å². The van der Waals surface area contributed by atoms with Gasteiger partial charge in [0, 0.05) is 25.4 Å². The van der Waals surface area contributed by atoms with E-state index in [2.05, 4.69) is 20.6 Å². The molecular formula is C21H30N4O3. The standard InChI is InChI=1S/C21H30N4O3/c1-6-22-21(24-12-16-7-9-18(26-4)19(11-16)27-5)25-14-17-8-10-20(23-13-17)28-15(2)3/h7-11,13,15H,6,12,14H2,1-5H3,(H2,22,24,25). The molecule has 1 aromatic heterocycles. The Morgan fingerprint density at radius 1 is 1.04 bits per heavy atom. The minimum absolute atomic E-state index is 0.109. The van der Waals surface area contributed by atoms with Crippen molar-refractivity contribution in [3.63, 3.8) is 0 Å². The van der Waals surface area contributed by atoms with Crippen molar-refractivity contribution in [2.45, 2.75) is 40.0 Å². The Morgan fingerprint density at radius 2 is 1.79 bits per heavy atom. The van der Waals surface area contributed by atoms with Crippen molar-refractivity contribution >= 4 is 5.96 Å². The summed E-state index contributed by atoms with van der Waals surface area (Å²) in [5, 5.41) is 6.58. The van der Waals surface area contributed by atoms with Crippen LogP contribution in [0.5, 0.6) is 17.4 Å². The average Bonchev–Trinajstić information content (AvgIpc) is 2.70. The molecule has 0 unspecified atom stereocenters. The quantitative estimate of drug-likeness (QED) is 0.509. The van der Waals surface area contributed by atoms with E-state index in [0.29, 0.717) is 30.5 Å². The first kappa shape index (κ1) is 21.3. The molecular weight excluding hydrogens is 356 g/mol. The van der Waals surface area contributed by atoms with E-state index >= 15 is 0 Å². The number of nitrogens with one attached hydrogen (secondary N) is 2. The Bertz CT molecular complexity index is 761. The second-order valence-electron chi connectivity index (χ2n) is 6.41. The van der Waals surface area contributed by atoms with Crippen LogP contribution in [0, 0.1) is 0 Å². The van der Waals surface area contributed by atoms with E-state index in [1.54, 1.807) is 20.4 Å². The van der Waals surface area contributed by atoms with Crippen molar-refractivity contribution in [3.8, 4) is 17.4 Å². The highest BCUT2D eigenvalue weighted by Crippen LogP contribution is 2.27. The summed E-state index contributed by atoms with van der Waals surface area (Å²) in [6.07, 6.45) is 1.90. The largest absolute Gasteiger partial charge is 0.493 e. The fourth-order valence-electron chi connectivity index (χ4n) is 2.50. The molecule has 7 heteroatoms. The first-order valence-electron chi connectivity index (χ1n) is 9.40. The molecule has 2 aromatic rings. The molecule has 0 atom stereocenters. The molecule has 0 fully saturated rings. The summed E-state index contributed by atoms with van der Waals surface area (Å²) >= 11 is 0. The number of benzene rings is 1. The number of guanidine groups is 1. The molecule has 0 saturated carbocycles. The molecule has 0 radical (unpaired) electrons. The van der Waals surface area contributed by atoms with Crippen LogP contribution in [0.3, 0.4) is 0 Å². The summed E-state index contributed by atoms with van der Waals surface area (Å²) in [6, 6.07) is 9.69. The van der Waals surface area contributed by atoms with Gasteiger partial charge >= 0.3 is 0 Å². The molecule has 0 bridgehead atoms. The number of pyridine rings is 1. The molecule has 1 aromatic carbocycles.